The first-order chi connectivity index (χ1) is 12.7. The third-order valence-electron chi connectivity index (χ3n) is 4.32. The predicted octanol–water partition coefficient (Wildman–Crippen LogP) is 1.26. The van der Waals surface area contributed by atoms with Crippen molar-refractivity contribution >= 4 is 29.1 Å². The van der Waals surface area contributed by atoms with Gasteiger partial charge in [-0.1, -0.05) is 23.9 Å². The molecule has 0 aromatic heterocycles. The highest BCUT2D eigenvalue weighted by molar-refractivity contribution is 8.15. The van der Waals surface area contributed by atoms with Crippen molar-refractivity contribution in [1.82, 2.24) is 15.1 Å². The molecule has 0 radical (unpaired) electrons. The predicted molar refractivity (Wildman–Crippen MR) is 106 cm³/mol. The Balaban J connectivity index is 1.45. The van der Waals surface area contributed by atoms with Gasteiger partial charge < -0.3 is 19.9 Å². The van der Waals surface area contributed by atoms with Crippen molar-refractivity contribution in [2.24, 2.45) is 10.2 Å². The van der Waals surface area contributed by atoms with Crippen molar-refractivity contribution in [3.05, 3.63) is 29.8 Å². The number of carbonyl (C=O) groups excluding carboxylic acids is 1. The first-order valence-electron chi connectivity index (χ1n) is 8.87. The van der Waals surface area contributed by atoms with Crippen molar-refractivity contribution in [2.75, 3.05) is 52.1 Å². The van der Waals surface area contributed by atoms with E-state index in [-0.39, 0.29) is 5.91 Å². The van der Waals surface area contributed by atoms with Crippen molar-refractivity contribution in [2.45, 2.75) is 6.42 Å². The molecule has 1 amide bonds. The summed E-state index contributed by atoms with van der Waals surface area (Å²) in [5, 5.41) is 11.3. The van der Waals surface area contributed by atoms with E-state index in [2.05, 4.69) is 32.4 Å². The molecule has 1 aromatic rings. The third kappa shape index (κ3) is 5.82. The average Bonchev–Trinajstić information content (AvgIpc) is 3.06. The lowest BCUT2D eigenvalue weighted by Gasteiger charge is -2.32. The van der Waals surface area contributed by atoms with Crippen molar-refractivity contribution in [3.63, 3.8) is 0 Å². The van der Waals surface area contributed by atoms with Crippen LogP contribution in [0.2, 0.25) is 0 Å². The molecule has 2 aliphatic heterocycles. The first-order valence-corrected chi connectivity index (χ1v) is 9.86. The van der Waals surface area contributed by atoms with Crippen LogP contribution in [0.1, 0.15) is 12.0 Å². The number of nitrogens with zero attached hydrogens (tertiary/aromatic N) is 4. The van der Waals surface area contributed by atoms with Gasteiger partial charge >= 0.3 is 0 Å². The number of amides is 1. The number of hydrogen-bond donors (Lipinski definition) is 1. The molecule has 26 heavy (non-hydrogen) atoms. The van der Waals surface area contributed by atoms with E-state index in [0.29, 0.717) is 17.5 Å². The number of carbonyl (C=O) groups is 1. The Morgan fingerprint density at radius 2 is 2.08 bits per heavy atom. The molecule has 0 unspecified atom stereocenters. The maximum Gasteiger partial charge on any atom is 0.236 e. The molecule has 2 fully saturated rings. The van der Waals surface area contributed by atoms with E-state index >= 15 is 0 Å². The molecular formula is C18H25N5O2S. The monoisotopic (exact) mass is 375 g/mol. The topological polar surface area (TPSA) is 69.5 Å². The Bertz CT molecular complexity index is 671. The summed E-state index contributed by atoms with van der Waals surface area (Å²) in [6.45, 7) is 6.29. The van der Waals surface area contributed by atoms with Crippen LogP contribution in [0.25, 0.3) is 0 Å². The van der Waals surface area contributed by atoms with Gasteiger partial charge in [0.15, 0.2) is 5.17 Å². The Kier molecular flexibility index (Phi) is 7.04. The Morgan fingerprint density at radius 1 is 1.27 bits per heavy atom. The summed E-state index contributed by atoms with van der Waals surface area (Å²) >= 11 is 1.36. The molecule has 2 saturated heterocycles. The number of piperazine rings is 1. The minimum absolute atomic E-state index is 0.0342. The number of para-hydroxylation sites is 1. The SMILES string of the molecule is CN1CCN(CCCOc2ccccc2C=NN=C2NC(=O)CS2)CC1. The number of ether oxygens (including phenoxy) is 1. The summed E-state index contributed by atoms with van der Waals surface area (Å²) in [6, 6.07) is 7.78. The van der Waals surface area contributed by atoms with Gasteiger partial charge in [0.25, 0.3) is 0 Å². The quantitative estimate of drug-likeness (QED) is 0.441. The standard InChI is InChI=1S/C18H25N5O2S/c1-22-8-10-23(11-9-22)7-4-12-25-16-6-3-2-5-15(16)13-19-21-18-20-17(24)14-26-18/h2-3,5-6,13H,4,7-12,14H2,1H3,(H,20,21,24). The molecule has 8 heteroatoms. The molecule has 1 aromatic carbocycles. The highest BCUT2D eigenvalue weighted by atomic mass is 32.2. The molecule has 3 rings (SSSR count). The van der Waals surface area contributed by atoms with Crippen LogP contribution in [0.3, 0.4) is 0 Å². The Morgan fingerprint density at radius 3 is 2.85 bits per heavy atom. The lowest BCUT2D eigenvalue weighted by molar-refractivity contribution is -0.116. The summed E-state index contributed by atoms with van der Waals surface area (Å²) in [4.78, 5) is 16.0. The number of thioether (sulfide) groups is 1. The van der Waals surface area contributed by atoms with Crippen LogP contribution in [0, 0.1) is 0 Å². The van der Waals surface area contributed by atoms with Gasteiger partial charge in [0.2, 0.25) is 5.91 Å². The van der Waals surface area contributed by atoms with E-state index in [1.165, 1.54) is 11.8 Å². The molecule has 0 atom stereocenters. The van der Waals surface area contributed by atoms with E-state index in [4.69, 9.17) is 4.74 Å². The van der Waals surface area contributed by atoms with Crippen molar-refractivity contribution in [3.8, 4) is 5.75 Å². The van der Waals surface area contributed by atoms with Crippen LogP contribution in [-0.4, -0.2) is 79.2 Å². The number of nitrogens with one attached hydrogen (secondary N) is 1. The number of hydrogen-bond acceptors (Lipinski definition) is 7. The van der Waals surface area contributed by atoms with Gasteiger partial charge in [-0.05, 0) is 25.6 Å². The van der Waals surface area contributed by atoms with E-state index in [9.17, 15) is 4.79 Å². The van der Waals surface area contributed by atoms with Crippen LogP contribution in [0.15, 0.2) is 34.5 Å². The van der Waals surface area contributed by atoms with E-state index in [0.717, 1.165) is 50.5 Å². The summed E-state index contributed by atoms with van der Waals surface area (Å²) in [7, 11) is 2.17. The summed E-state index contributed by atoms with van der Waals surface area (Å²) in [5.41, 5.74) is 0.880. The van der Waals surface area contributed by atoms with Gasteiger partial charge in [0.1, 0.15) is 5.75 Å². The Labute approximate surface area is 158 Å². The van der Waals surface area contributed by atoms with Gasteiger partial charge in [0.05, 0.1) is 18.6 Å². The van der Waals surface area contributed by atoms with Crippen LogP contribution >= 0.6 is 11.8 Å². The lowest BCUT2D eigenvalue weighted by Crippen LogP contribution is -2.44. The number of rotatable bonds is 7. The van der Waals surface area contributed by atoms with Crippen LogP contribution < -0.4 is 10.1 Å². The fourth-order valence-electron chi connectivity index (χ4n) is 2.78. The zero-order chi connectivity index (χ0) is 18.2. The van der Waals surface area contributed by atoms with E-state index in [1.54, 1.807) is 6.21 Å². The van der Waals surface area contributed by atoms with Gasteiger partial charge in [0, 0.05) is 38.3 Å². The number of benzene rings is 1. The zero-order valence-electron chi connectivity index (χ0n) is 15.1. The lowest BCUT2D eigenvalue weighted by atomic mass is 10.2. The second-order valence-electron chi connectivity index (χ2n) is 6.37. The Hall–Kier alpha value is -1.90. The fourth-order valence-corrected chi connectivity index (χ4v) is 3.41. The van der Waals surface area contributed by atoms with Gasteiger partial charge in [-0.15, -0.1) is 5.10 Å². The highest BCUT2D eigenvalue weighted by Gasteiger charge is 2.16. The molecule has 2 heterocycles. The largest absolute Gasteiger partial charge is 0.493 e. The third-order valence-corrected chi connectivity index (χ3v) is 5.19. The van der Waals surface area contributed by atoms with E-state index in [1.807, 2.05) is 24.3 Å². The highest BCUT2D eigenvalue weighted by Crippen LogP contribution is 2.16. The van der Waals surface area contributed by atoms with Crippen LogP contribution in [0.4, 0.5) is 0 Å². The second-order valence-corrected chi connectivity index (χ2v) is 7.34. The molecule has 0 saturated carbocycles. The van der Waals surface area contributed by atoms with Gasteiger partial charge in [-0.25, -0.2) is 0 Å². The zero-order valence-corrected chi connectivity index (χ0v) is 15.9. The van der Waals surface area contributed by atoms with Crippen molar-refractivity contribution in [1.29, 1.82) is 0 Å². The molecule has 0 aliphatic carbocycles. The fraction of sp³-hybridized carbons (Fsp3) is 0.500. The maximum atomic E-state index is 11.1. The van der Waals surface area contributed by atoms with Gasteiger partial charge in [-0.2, -0.15) is 5.10 Å². The molecule has 7 nitrogen and oxygen atoms in total. The van der Waals surface area contributed by atoms with E-state index < -0.39 is 0 Å². The molecule has 0 spiro atoms. The molecular weight excluding hydrogens is 350 g/mol. The molecule has 0 bridgehead atoms. The summed E-state index contributed by atoms with van der Waals surface area (Å²) < 4.78 is 5.94. The average molecular weight is 375 g/mol. The molecule has 140 valence electrons. The summed E-state index contributed by atoms with van der Waals surface area (Å²) in [6.07, 6.45) is 2.66. The maximum absolute atomic E-state index is 11.1. The second kappa shape index (κ2) is 9.70. The van der Waals surface area contributed by atoms with Crippen molar-refractivity contribution < 1.29 is 9.53 Å². The first kappa shape index (κ1) is 18.9. The minimum atomic E-state index is -0.0342. The molecule has 2 aliphatic rings. The minimum Gasteiger partial charge on any atom is -0.493 e. The van der Waals surface area contributed by atoms with Crippen LogP contribution in [-0.2, 0) is 4.79 Å². The number of likely N-dealkylation sites (N-methyl/N-ethyl adjacent to an activating group) is 1. The van der Waals surface area contributed by atoms with Crippen LogP contribution in [0.5, 0.6) is 5.75 Å². The smallest absolute Gasteiger partial charge is 0.236 e. The molecule has 1 N–H and O–H groups in total. The normalized spacial score (nSPS) is 20.8. The summed E-state index contributed by atoms with van der Waals surface area (Å²) in [5.74, 6) is 1.17. The van der Waals surface area contributed by atoms with Gasteiger partial charge in [-0.3, -0.25) is 4.79 Å². The number of amidine groups is 1.